The molecular weight excluding hydrogens is 160 g/mol. The molecule has 2 amide bonds. The molecule has 0 radical (unpaired) electrons. The van der Waals surface area contributed by atoms with Gasteiger partial charge >= 0.3 is 0 Å². The molecule has 70 valence electrons. The summed E-state index contributed by atoms with van der Waals surface area (Å²) in [4.78, 5) is 22.9. The number of nitrogens with zero attached hydrogens (tertiary/aromatic N) is 1. The largest absolute Gasteiger partial charge is 0.375 e. The second-order valence-corrected chi connectivity index (χ2v) is 2.31. The monoisotopic (exact) mass is 174 g/mol. The predicted octanol–water partition coefficient (Wildman–Crippen LogP) is -1.03. The highest BCUT2D eigenvalue weighted by atomic mass is 16.5. The Kier molecular flexibility index (Phi) is 5.03. The Morgan fingerprint density at radius 3 is 2.42 bits per heavy atom. The van der Waals surface area contributed by atoms with Crippen LogP contribution in [-0.2, 0) is 14.3 Å². The molecule has 0 aromatic rings. The number of likely N-dealkylation sites (N-methyl/N-ethyl adjacent to an activating group) is 1. The second-order valence-electron chi connectivity index (χ2n) is 2.31. The van der Waals surface area contributed by atoms with E-state index in [0.717, 1.165) is 0 Å². The van der Waals surface area contributed by atoms with Gasteiger partial charge in [-0.25, -0.2) is 0 Å². The quantitative estimate of drug-likeness (QED) is 0.579. The Hall–Kier alpha value is -1.10. The molecule has 0 heterocycles. The van der Waals surface area contributed by atoms with Crippen molar-refractivity contribution in [3.05, 3.63) is 0 Å². The van der Waals surface area contributed by atoms with E-state index in [4.69, 9.17) is 5.73 Å². The fourth-order valence-electron chi connectivity index (χ4n) is 0.779. The zero-order valence-electron chi connectivity index (χ0n) is 7.37. The maximum atomic E-state index is 11.1. The van der Waals surface area contributed by atoms with Gasteiger partial charge in [0.2, 0.25) is 11.8 Å². The molecule has 0 aliphatic carbocycles. The van der Waals surface area contributed by atoms with E-state index in [2.05, 4.69) is 4.74 Å². The molecule has 0 atom stereocenters. The maximum Gasteiger partial charge on any atom is 0.249 e. The molecule has 0 aromatic carbocycles. The molecule has 5 heteroatoms. The van der Waals surface area contributed by atoms with Crippen molar-refractivity contribution in [3.8, 4) is 0 Å². The molecule has 0 aromatic heterocycles. The van der Waals surface area contributed by atoms with Crippen molar-refractivity contribution in [2.24, 2.45) is 5.73 Å². The topological polar surface area (TPSA) is 72.6 Å². The predicted molar refractivity (Wildman–Crippen MR) is 43.3 cm³/mol. The van der Waals surface area contributed by atoms with Gasteiger partial charge in [0.15, 0.2) is 0 Å². The van der Waals surface area contributed by atoms with Crippen molar-refractivity contribution in [1.29, 1.82) is 0 Å². The fourth-order valence-corrected chi connectivity index (χ4v) is 0.779. The maximum absolute atomic E-state index is 11.1. The number of rotatable bonds is 5. The van der Waals surface area contributed by atoms with E-state index < -0.39 is 5.91 Å². The summed E-state index contributed by atoms with van der Waals surface area (Å²) >= 11 is 0. The molecule has 0 unspecified atom stereocenters. The lowest BCUT2D eigenvalue weighted by molar-refractivity contribution is -0.138. The zero-order chi connectivity index (χ0) is 9.56. The van der Waals surface area contributed by atoms with Crippen LogP contribution >= 0.6 is 0 Å². The molecule has 0 bridgehead atoms. The zero-order valence-corrected chi connectivity index (χ0v) is 7.37. The Morgan fingerprint density at radius 1 is 1.50 bits per heavy atom. The average molecular weight is 174 g/mol. The number of hydrogen-bond donors (Lipinski definition) is 1. The summed E-state index contributed by atoms with van der Waals surface area (Å²) < 4.78 is 4.62. The average Bonchev–Trinajstić information content (AvgIpc) is 2.00. The Morgan fingerprint density at radius 2 is 2.08 bits per heavy atom. The summed E-state index contributed by atoms with van der Waals surface area (Å²) in [6.45, 7) is 2.18. The first-order chi connectivity index (χ1) is 5.61. The van der Waals surface area contributed by atoms with Gasteiger partial charge in [-0.05, 0) is 6.92 Å². The number of hydrogen-bond acceptors (Lipinski definition) is 3. The number of amides is 2. The summed E-state index contributed by atoms with van der Waals surface area (Å²) in [6, 6.07) is 0. The van der Waals surface area contributed by atoms with Gasteiger partial charge in [-0.2, -0.15) is 0 Å². The summed E-state index contributed by atoms with van der Waals surface area (Å²) in [5.41, 5.74) is 4.93. The first-order valence-electron chi connectivity index (χ1n) is 3.66. The summed E-state index contributed by atoms with van der Waals surface area (Å²) in [5, 5.41) is 0. The lowest BCUT2D eigenvalue weighted by atomic mass is 10.4. The summed E-state index contributed by atoms with van der Waals surface area (Å²) in [5.74, 6) is -0.736. The Labute approximate surface area is 71.5 Å². The third-order valence-electron chi connectivity index (χ3n) is 1.35. The highest BCUT2D eigenvalue weighted by molar-refractivity contribution is 5.84. The van der Waals surface area contributed by atoms with Gasteiger partial charge in [0, 0.05) is 13.7 Å². The van der Waals surface area contributed by atoms with Crippen LogP contribution in [0.25, 0.3) is 0 Å². The number of carbonyl (C=O) groups is 2. The van der Waals surface area contributed by atoms with Crippen LogP contribution in [0.1, 0.15) is 6.92 Å². The van der Waals surface area contributed by atoms with Gasteiger partial charge in [-0.3, -0.25) is 9.59 Å². The summed E-state index contributed by atoms with van der Waals surface area (Å²) in [7, 11) is 1.43. The van der Waals surface area contributed by atoms with Gasteiger partial charge in [0.25, 0.3) is 0 Å². The molecular formula is C7H14N2O3. The fraction of sp³-hybridized carbons (Fsp3) is 0.714. The minimum Gasteiger partial charge on any atom is -0.375 e. The van der Waals surface area contributed by atoms with Crippen LogP contribution in [0.2, 0.25) is 0 Å². The van der Waals surface area contributed by atoms with Crippen molar-refractivity contribution in [2.75, 3.05) is 26.8 Å². The van der Waals surface area contributed by atoms with Crippen molar-refractivity contribution in [2.45, 2.75) is 6.92 Å². The van der Waals surface area contributed by atoms with Crippen molar-refractivity contribution >= 4 is 11.8 Å². The highest BCUT2D eigenvalue weighted by Gasteiger charge is 2.12. The van der Waals surface area contributed by atoms with Crippen LogP contribution in [0.3, 0.4) is 0 Å². The van der Waals surface area contributed by atoms with Crippen LogP contribution in [0.4, 0.5) is 0 Å². The van der Waals surface area contributed by atoms with Crippen LogP contribution < -0.4 is 5.73 Å². The van der Waals surface area contributed by atoms with Crippen molar-refractivity contribution in [1.82, 2.24) is 4.90 Å². The number of ether oxygens (including phenoxy) is 1. The molecule has 0 aliphatic heterocycles. The van der Waals surface area contributed by atoms with Crippen molar-refractivity contribution in [3.63, 3.8) is 0 Å². The molecule has 0 fully saturated rings. The Balaban J connectivity index is 3.96. The number of primary amides is 1. The lowest BCUT2D eigenvalue weighted by Gasteiger charge is -2.17. The second kappa shape index (κ2) is 5.54. The molecule has 0 aliphatic rings. The van der Waals surface area contributed by atoms with Crippen molar-refractivity contribution < 1.29 is 14.3 Å². The SMILES string of the molecule is CCN(CC(N)=O)C(=O)COC. The van der Waals surface area contributed by atoms with Crippen LogP contribution in [0.15, 0.2) is 0 Å². The standard InChI is InChI=1S/C7H14N2O3/c1-3-9(4-6(8)10)7(11)5-12-2/h3-5H2,1-2H3,(H2,8,10). The smallest absolute Gasteiger partial charge is 0.249 e. The van der Waals surface area contributed by atoms with E-state index in [1.807, 2.05) is 0 Å². The first kappa shape index (κ1) is 10.9. The van der Waals surface area contributed by atoms with Gasteiger partial charge in [-0.15, -0.1) is 0 Å². The summed E-state index contributed by atoms with van der Waals surface area (Å²) in [6.07, 6.45) is 0. The normalized spacial score (nSPS) is 9.50. The minimum atomic E-state index is -0.513. The van der Waals surface area contributed by atoms with E-state index >= 15 is 0 Å². The van der Waals surface area contributed by atoms with Gasteiger partial charge < -0.3 is 15.4 Å². The van der Waals surface area contributed by atoms with Gasteiger partial charge in [-0.1, -0.05) is 0 Å². The Bertz CT molecular complexity index is 170. The van der Waals surface area contributed by atoms with Gasteiger partial charge in [0.05, 0.1) is 6.54 Å². The minimum absolute atomic E-state index is 0.0128. The van der Waals surface area contributed by atoms with Crippen LogP contribution in [0.5, 0.6) is 0 Å². The molecule has 2 N–H and O–H groups in total. The molecule has 12 heavy (non-hydrogen) atoms. The van der Waals surface area contributed by atoms with Gasteiger partial charge in [0.1, 0.15) is 6.61 Å². The third kappa shape index (κ3) is 3.92. The molecule has 0 rings (SSSR count). The van der Waals surface area contributed by atoms with Crippen LogP contribution in [0, 0.1) is 0 Å². The molecule has 0 spiro atoms. The highest BCUT2D eigenvalue weighted by Crippen LogP contribution is 1.88. The van der Waals surface area contributed by atoms with E-state index in [1.54, 1.807) is 6.92 Å². The lowest BCUT2D eigenvalue weighted by Crippen LogP contribution is -2.40. The van der Waals surface area contributed by atoms with E-state index in [1.165, 1.54) is 12.0 Å². The van der Waals surface area contributed by atoms with E-state index in [9.17, 15) is 9.59 Å². The van der Waals surface area contributed by atoms with Crippen LogP contribution in [-0.4, -0.2) is 43.5 Å². The number of nitrogens with two attached hydrogens (primary N) is 1. The number of methoxy groups -OCH3 is 1. The molecule has 0 saturated heterocycles. The van der Waals surface area contributed by atoms with E-state index in [-0.39, 0.29) is 19.1 Å². The first-order valence-corrected chi connectivity index (χ1v) is 3.66. The number of carbonyl (C=O) groups excluding carboxylic acids is 2. The third-order valence-corrected chi connectivity index (χ3v) is 1.35. The molecule has 5 nitrogen and oxygen atoms in total. The molecule has 0 saturated carbocycles. The van der Waals surface area contributed by atoms with E-state index in [0.29, 0.717) is 6.54 Å².